The van der Waals surface area contributed by atoms with E-state index in [1.165, 1.54) is 7.05 Å². The molecule has 36 heavy (non-hydrogen) atoms. The number of nitriles is 2. The number of hydrogen-bond acceptors (Lipinski definition) is 12. The number of azo groups is 1. The molecule has 17 nitrogen and oxygen atoms in total. The third-order valence-corrected chi connectivity index (χ3v) is 6.17. The fraction of sp³-hybridized carbons (Fsp3) is 0.118. The smallest absolute Gasteiger partial charge is 0.323 e. The van der Waals surface area contributed by atoms with Crippen LogP contribution in [0.1, 0.15) is 11.4 Å². The van der Waals surface area contributed by atoms with Gasteiger partial charge in [0.1, 0.15) is 29.3 Å². The van der Waals surface area contributed by atoms with Gasteiger partial charge in [0.05, 0.1) is 16.8 Å². The van der Waals surface area contributed by atoms with Gasteiger partial charge in [-0.25, -0.2) is 4.68 Å². The molecule has 0 aliphatic carbocycles. The van der Waals surface area contributed by atoms with Crippen LogP contribution in [0.5, 0.6) is 0 Å². The minimum atomic E-state index is -4.89. The number of benzene rings is 1. The molecule has 186 valence electrons. The first-order valence-corrected chi connectivity index (χ1v) is 12.1. The summed E-state index contributed by atoms with van der Waals surface area (Å²) in [4.78, 5) is 13.5. The quantitative estimate of drug-likeness (QED) is 0.230. The molecule has 0 aliphatic heterocycles. The number of imidazole rings is 1. The van der Waals surface area contributed by atoms with E-state index in [9.17, 15) is 36.0 Å². The summed E-state index contributed by atoms with van der Waals surface area (Å²) in [5.41, 5.74) is -1.35. The van der Waals surface area contributed by atoms with Crippen LogP contribution in [0, 0.1) is 22.7 Å². The van der Waals surface area contributed by atoms with Crippen molar-refractivity contribution in [2.45, 2.75) is 16.3 Å². The average molecular weight is 535 g/mol. The second kappa shape index (κ2) is 9.52. The number of carboxylic acids is 1. The third kappa shape index (κ3) is 5.03. The molecule has 0 amide bonds. The normalized spacial score (nSPS) is 11.8. The maximum Gasteiger partial charge on any atom is 0.323 e. The van der Waals surface area contributed by atoms with Crippen LogP contribution >= 0.6 is 0 Å². The van der Waals surface area contributed by atoms with E-state index in [1.54, 1.807) is 12.1 Å². The Hall–Kier alpha value is -4.69. The van der Waals surface area contributed by atoms with Crippen molar-refractivity contribution in [3.63, 3.8) is 0 Å². The van der Waals surface area contributed by atoms with Gasteiger partial charge in [-0.1, -0.05) is 0 Å². The predicted molar refractivity (Wildman–Crippen MR) is 116 cm³/mol. The van der Waals surface area contributed by atoms with Crippen LogP contribution in [-0.2, 0) is 31.6 Å². The first-order chi connectivity index (χ1) is 16.8. The van der Waals surface area contributed by atoms with E-state index >= 15 is 0 Å². The van der Waals surface area contributed by atoms with Gasteiger partial charge >= 0.3 is 5.97 Å². The number of carbonyl (C=O) groups is 1. The summed E-state index contributed by atoms with van der Waals surface area (Å²) in [5, 5.41) is 41.6. The lowest BCUT2D eigenvalue weighted by atomic mass is 10.3. The van der Waals surface area contributed by atoms with E-state index in [1.807, 2.05) is 0 Å². The lowest BCUT2D eigenvalue weighted by molar-refractivity contribution is -0.137. The molecule has 19 heteroatoms. The zero-order valence-electron chi connectivity index (χ0n) is 17.8. The Morgan fingerprint density at radius 3 is 2.36 bits per heavy atom. The van der Waals surface area contributed by atoms with Crippen molar-refractivity contribution in [2.24, 2.45) is 10.2 Å². The zero-order valence-corrected chi connectivity index (χ0v) is 19.4. The van der Waals surface area contributed by atoms with Crippen molar-refractivity contribution in [1.82, 2.24) is 19.3 Å². The number of anilines is 1. The van der Waals surface area contributed by atoms with Crippen molar-refractivity contribution in [1.29, 1.82) is 10.5 Å². The van der Waals surface area contributed by atoms with Crippen molar-refractivity contribution in [3.05, 3.63) is 35.8 Å². The molecule has 2 aromatic heterocycles. The molecule has 0 unspecified atom stereocenters. The number of carboxylic acid groups (broad SMARTS) is 1. The molecular formula is C17H13N9O8S2. The molecule has 0 spiro atoms. The Kier molecular flexibility index (Phi) is 6.85. The van der Waals surface area contributed by atoms with Crippen molar-refractivity contribution in [3.8, 4) is 17.8 Å². The maximum atomic E-state index is 11.9. The third-order valence-electron chi connectivity index (χ3n) is 4.42. The number of hydrogen-bond donors (Lipinski definition) is 4. The summed E-state index contributed by atoms with van der Waals surface area (Å²) >= 11 is 0. The van der Waals surface area contributed by atoms with Gasteiger partial charge in [0.2, 0.25) is 0 Å². The van der Waals surface area contributed by atoms with Gasteiger partial charge in [0.15, 0.2) is 17.2 Å². The molecule has 0 fully saturated rings. The molecule has 0 aliphatic rings. The minimum absolute atomic E-state index is 0.0894. The largest absolute Gasteiger partial charge is 0.480 e. The van der Waals surface area contributed by atoms with Gasteiger partial charge in [0, 0.05) is 7.05 Å². The fourth-order valence-electron chi connectivity index (χ4n) is 2.96. The van der Waals surface area contributed by atoms with Crippen molar-refractivity contribution in [2.75, 3.05) is 12.4 Å². The number of nitrogens with zero attached hydrogens (tertiary/aromatic N) is 8. The first kappa shape index (κ1) is 25.9. The molecular weight excluding hydrogens is 522 g/mol. The van der Waals surface area contributed by atoms with Gasteiger partial charge in [-0.2, -0.15) is 37.4 Å². The molecule has 1 aromatic carbocycles. The molecule has 0 radical (unpaired) electrons. The van der Waals surface area contributed by atoms with Crippen LogP contribution in [0.4, 0.5) is 17.5 Å². The van der Waals surface area contributed by atoms with Gasteiger partial charge < -0.3 is 10.4 Å². The lowest BCUT2D eigenvalue weighted by Gasteiger charge is -2.12. The van der Waals surface area contributed by atoms with Crippen LogP contribution < -0.4 is 5.32 Å². The highest BCUT2D eigenvalue weighted by molar-refractivity contribution is 7.86. The highest BCUT2D eigenvalue weighted by Gasteiger charge is 2.24. The minimum Gasteiger partial charge on any atom is -0.480 e. The van der Waals surface area contributed by atoms with E-state index in [0.29, 0.717) is 0 Å². The molecule has 0 saturated carbocycles. The van der Waals surface area contributed by atoms with Crippen LogP contribution in [0.2, 0.25) is 0 Å². The van der Waals surface area contributed by atoms with E-state index < -0.39 is 59.9 Å². The Bertz CT molecular complexity index is 1710. The molecule has 3 rings (SSSR count). The van der Waals surface area contributed by atoms with Crippen LogP contribution in [0.15, 0.2) is 44.4 Å². The molecule has 0 bridgehead atoms. The topological polar surface area (TPSA) is 266 Å². The highest BCUT2D eigenvalue weighted by Crippen LogP contribution is 2.32. The summed E-state index contributed by atoms with van der Waals surface area (Å²) in [6.07, 6.45) is 1.05. The lowest BCUT2D eigenvalue weighted by Crippen LogP contribution is -2.11. The highest BCUT2D eigenvalue weighted by atomic mass is 32.2. The second-order valence-corrected chi connectivity index (χ2v) is 9.44. The SMILES string of the molecule is CNc1c(N=Nc2nc(C#N)c(C#N)n2CC(=O)O)cnn1-c1cc(S(=O)(=O)O)ccc1S(=O)(=O)O. The van der Waals surface area contributed by atoms with Gasteiger partial charge in [-0.3, -0.25) is 18.5 Å². The van der Waals surface area contributed by atoms with Crippen LogP contribution in [-0.4, -0.2) is 63.4 Å². The van der Waals surface area contributed by atoms with Crippen molar-refractivity contribution < 1.29 is 35.8 Å². The summed E-state index contributed by atoms with van der Waals surface area (Å²) in [6.45, 7) is -0.760. The fourth-order valence-corrected chi connectivity index (χ4v) is 4.11. The second-order valence-electron chi connectivity index (χ2n) is 6.63. The van der Waals surface area contributed by atoms with E-state index in [0.717, 1.165) is 33.6 Å². The Labute approximate surface area is 202 Å². The first-order valence-electron chi connectivity index (χ1n) is 9.21. The molecule has 4 N–H and O–H groups in total. The summed E-state index contributed by atoms with van der Waals surface area (Å²) < 4.78 is 67.4. The van der Waals surface area contributed by atoms with Gasteiger partial charge in [0.25, 0.3) is 26.2 Å². The molecule has 0 saturated heterocycles. The van der Waals surface area contributed by atoms with E-state index in [-0.39, 0.29) is 17.2 Å². The monoisotopic (exact) mass is 535 g/mol. The van der Waals surface area contributed by atoms with E-state index in [2.05, 4.69) is 25.6 Å². The molecule has 0 atom stereocenters. The number of nitrogens with one attached hydrogen (secondary N) is 1. The summed E-state index contributed by atoms with van der Waals surface area (Å²) in [5.74, 6) is -1.86. The maximum absolute atomic E-state index is 11.9. The Morgan fingerprint density at radius 1 is 1.14 bits per heavy atom. The van der Waals surface area contributed by atoms with Gasteiger partial charge in [-0.05, 0) is 18.2 Å². The zero-order chi connectivity index (χ0) is 26.8. The van der Waals surface area contributed by atoms with Gasteiger partial charge in [-0.15, -0.1) is 10.2 Å². The van der Waals surface area contributed by atoms with Crippen LogP contribution in [0.25, 0.3) is 5.69 Å². The number of aromatic nitrogens is 4. The average Bonchev–Trinajstić information content (AvgIpc) is 3.35. The van der Waals surface area contributed by atoms with E-state index in [4.69, 9.17) is 10.4 Å². The molecule has 3 aromatic rings. The summed E-state index contributed by atoms with van der Waals surface area (Å²) in [7, 11) is -8.30. The van der Waals surface area contributed by atoms with Crippen LogP contribution in [0.3, 0.4) is 0 Å². The predicted octanol–water partition coefficient (Wildman–Crippen LogP) is 0.847. The Morgan fingerprint density at radius 2 is 1.83 bits per heavy atom. The standard InChI is InChI=1S/C17H13N9O8S2/c1-20-16-11(23-24-17-22-10(5-18)13(6-19)25(17)8-15(27)28)7-21-26(16)12-4-9(35(29,30)31)2-3-14(12)36(32,33)34/h2-4,7,20H,8H2,1H3,(H,27,28)(H,29,30,31)(H,32,33,34). The molecule has 2 heterocycles. The number of aliphatic carboxylic acids is 1. The van der Waals surface area contributed by atoms with Crippen molar-refractivity contribution >= 4 is 43.7 Å². The number of rotatable bonds is 8. The Balaban J connectivity index is 2.19. The summed E-state index contributed by atoms with van der Waals surface area (Å²) in [6, 6.07) is 5.54.